The van der Waals surface area contributed by atoms with E-state index < -0.39 is 11.9 Å². The highest BCUT2D eigenvalue weighted by Gasteiger charge is 2.18. The Balaban J connectivity index is 0.000000242. The van der Waals surface area contributed by atoms with Crippen LogP contribution in [0.25, 0.3) is 16.5 Å². The molecule has 0 amide bonds. The summed E-state index contributed by atoms with van der Waals surface area (Å²) >= 11 is 6.16. The third-order valence-electron chi connectivity index (χ3n) is 3.64. The molecule has 3 rings (SSSR count). The van der Waals surface area contributed by atoms with Crippen LogP contribution in [-0.4, -0.2) is 35.2 Å². The summed E-state index contributed by atoms with van der Waals surface area (Å²) in [5, 5.41) is 20.8. The van der Waals surface area contributed by atoms with Gasteiger partial charge in [0.25, 0.3) is 0 Å². The molecule has 1 aliphatic rings. The molecule has 0 saturated carbocycles. The number of furan rings is 1. The van der Waals surface area contributed by atoms with Gasteiger partial charge in [0.1, 0.15) is 5.58 Å². The molecule has 2 aromatic rings. The zero-order valence-corrected chi connectivity index (χ0v) is 14.3. The first kappa shape index (κ1) is 18.8. The Hall–Kier alpha value is -2.57. The molecule has 1 atom stereocenters. The number of nitrogens with one attached hydrogen (secondary N) is 1. The summed E-state index contributed by atoms with van der Waals surface area (Å²) < 4.78 is 5.59. The highest BCUT2D eigenvalue weighted by molar-refractivity contribution is 6.31. The Morgan fingerprint density at radius 3 is 2.56 bits per heavy atom. The van der Waals surface area contributed by atoms with Crippen LogP contribution in [0.1, 0.15) is 12.5 Å². The van der Waals surface area contributed by atoms with Crippen molar-refractivity contribution in [2.24, 2.45) is 5.92 Å². The van der Waals surface area contributed by atoms with Gasteiger partial charge in [0.05, 0.1) is 6.26 Å². The average molecular weight is 364 g/mol. The molecule has 6 nitrogen and oxygen atoms in total. The quantitative estimate of drug-likeness (QED) is 0.722. The molecule has 0 spiro atoms. The molecule has 2 heterocycles. The van der Waals surface area contributed by atoms with E-state index >= 15 is 0 Å². The van der Waals surface area contributed by atoms with Gasteiger partial charge in [-0.1, -0.05) is 24.6 Å². The van der Waals surface area contributed by atoms with E-state index in [0.29, 0.717) is 18.1 Å². The lowest BCUT2D eigenvalue weighted by molar-refractivity contribution is -0.134. The minimum Gasteiger partial charge on any atom is -0.478 e. The molecule has 0 aliphatic carbocycles. The number of hydrogen-bond donors (Lipinski definition) is 3. The van der Waals surface area contributed by atoms with E-state index in [1.54, 1.807) is 6.26 Å². The zero-order chi connectivity index (χ0) is 18.4. The summed E-state index contributed by atoms with van der Waals surface area (Å²) in [6.07, 6.45) is 5.06. The predicted molar refractivity (Wildman–Crippen MR) is 95.6 cm³/mol. The summed E-state index contributed by atoms with van der Waals surface area (Å²) in [6, 6.07) is 5.90. The van der Waals surface area contributed by atoms with Gasteiger partial charge in [0.15, 0.2) is 0 Å². The lowest BCUT2D eigenvalue weighted by Crippen LogP contribution is -2.27. The summed E-state index contributed by atoms with van der Waals surface area (Å²) in [7, 11) is 0. The van der Waals surface area contributed by atoms with E-state index in [9.17, 15) is 9.59 Å². The van der Waals surface area contributed by atoms with Crippen molar-refractivity contribution < 1.29 is 24.2 Å². The van der Waals surface area contributed by atoms with Gasteiger partial charge in [0, 0.05) is 41.2 Å². The van der Waals surface area contributed by atoms with Gasteiger partial charge in [-0.25, -0.2) is 9.59 Å². The third-order valence-corrected chi connectivity index (χ3v) is 3.86. The first-order valence-electron chi connectivity index (χ1n) is 7.60. The molecule has 0 saturated heterocycles. The van der Waals surface area contributed by atoms with E-state index in [0.717, 1.165) is 34.6 Å². The highest BCUT2D eigenvalue weighted by Crippen LogP contribution is 2.34. The van der Waals surface area contributed by atoms with Crippen molar-refractivity contribution in [3.05, 3.63) is 53.3 Å². The lowest BCUT2D eigenvalue weighted by Gasteiger charge is -2.22. The van der Waals surface area contributed by atoms with Gasteiger partial charge in [-0.15, -0.1) is 0 Å². The van der Waals surface area contributed by atoms with Gasteiger partial charge < -0.3 is 19.9 Å². The van der Waals surface area contributed by atoms with Gasteiger partial charge >= 0.3 is 11.9 Å². The minimum atomic E-state index is -1.26. The van der Waals surface area contributed by atoms with E-state index in [-0.39, 0.29) is 0 Å². The summed E-state index contributed by atoms with van der Waals surface area (Å²) in [4.78, 5) is 19.1. The molecule has 25 heavy (non-hydrogen) atoms. The Labute approximate surface area is 149 Å². The Morgan fingerprint density at radius 2 is 1.96 bits per heavy atom. The first-order chi connectivity index (χ1) is 11.9. The molecule has 0 radical (unpaired) electrons. The standard InChI is InChI=1S/C14H14ClNO.C4H4O4/c1-9-8-16-4-2-12(9)13-7-11(15)6-10-3-5-17-14(10)13;5-3(6)1-2-4(7)8/h2-3,5-7,9,16H,4,8H2,1H3;1-2H,(H,5,6)(H,7,8)/b;2-1+. The van der Waals surface area contributed by atoms with E-state index in [1.165, 1.54) is 5.57 Å². The summed E-state index contributed by atoms with van der Waals surface area (Å²) in [5.74, 6) is -2.03. The van der Waals surface area contributed by atoms with Crippen LogP contribution in [0.2, 0.25) is 5.02 Å². The SMILES string of the molecule is CC1CNCC=C1c1cc(Cl)cc2ccoc12.O=C(O)/C=C/C(=O)O. The van der Waals surface area contributed by atoms with Crippen molar-refractivity contribution in [3.8, 4) is 0 Å². The van der Waals surface area contributed by atoms with Crippen LogP contribution in [0, 0.1) is 5.92 Å². The van der Waals surface area contributed by atoms with Crippen LogP contribution in [-0.2, 0) is 9.59 Å². The smallest absolute Gasteiger partial charge is 0.328 e. The molecular formula is C18H18ClNO5. The number of rotatable bonds is 3. The maximum Gasteiger partial charge on any atom is 0.328 e. The van der Waals surface area contributed by atoms with Gasteiger partial charge in [-0.05, 0) is 29.7 Å². The number of carbonyl (C=O) groups is 2. The monoisotopic (exact) mass is 363 g/mol. The zero-order valence-electron chi connectivity index (χ0n) is 13.5. The molecule has 132 valence electrons. The van der Waals surface area contributed by atoms with Crippen molar-refractivity contribution in [2.45, 2.75) is 6.92 Å². The van der Waals surface area contributed by atoms with Crippen LogP contribution in [0.15, 0.2) is 47.1 Å². The number of carboxylic acid groups (broad SMARTS) is 2. The molecule has 1 unspecified atom stereocenters. The molecule has 1 aliphatic heterocycles. The Morgan fingerprint density at radius 1 is 1.28 bits per heavy atom. The van der Waals surface area contributed by atoms with Crippen molar-refractivity contribution >= 4 is 40.1 Å². The van der Waals surface area contributed by atoms with Crippen molar-refractivity contribution in [3.63, 3.8) is 0 Å². The fourth-order valence-corrected chi connectivity index (χ4v) is 2.80. The largest absolute Gasteiger partial charge is 0.478 e. The number of hydrogen-bond acceptors (Lipinski definition) is 4. The van der Waals surface area contributed by atoms with Crippen LogP contribution in [0.3, 0.4) is 0 Å². The number of aliphatic carboxylic acids is 2. The number of carboxylic acids is 2. The first-order valence-corrected chi connectivity index (χ1v) is 7.98. The molecule has 1 aromatic carbocycles. The summed E-state index contributed by atoms with van der Waals surface area (Å²) in [6.45, 7) is 4.13. The Kier molecular flexibility index (Phi) is 6.38. The fraction of sp³-hybridized carbons (Fsp3) is 0.222. The van der Waals surface area contributed by atoms with E-state index in [2.05, 4.69) is 18.3 Å². The predicted octanol–water partition coefficient (Wildman–Crippen LogP) is 3.42. The van der Waals surface area contributed by atoms with Crippen molar-refractivity contribution in [2.75, 3.05) is 13.1 Å². The fourth-order valence-electron chi connectivity index (χ4n) is 2.57. The normalized spacial score (nSPS) is 17.0. The van der Waals surface area contributed by atoms with Crippen molar-refractivity contribution in [1.82, 2.24) is 5.32 Å². The van der Waals surface area contributed by atoms with Crippen LogP contribution in [0.4, 0.5) is 0 Å². The molecule has 0 bridgehead atoms. The summed E-state index contributed by atoms with van der Waals surface area (Å²) in [5.41, 5.74) is 3.40. The van der Waals surface area contributed by atoms with E-state index in [1.807, 2.05) is 18.2 Å². The van der Waals surface area contributed by atoms with Crippen molar-refractivity contribution in [1.29, 1.82) is 0 Å². The van der Waals surface area contributed by atoms with Crippen LogP contribution >= 0.6 is 11.6 Å². The number of benzene rings is 1. The minimum absolute atomic E-state index is 0.482. The molecule has 3 N–H and O–H groups in total. The molecular weight excluding hydrogens is 346 g/mol. The van der Waals surface area contributed by atoms with Gasteiger partial charge in [-0.2, -0.15) is 0 Å². The maximum atomic E-state index is 9.55. The maximum absolute atomic E-state index is 9.55. The highest BCUT2D eigenvalue weighted by atomic mass is 35.5. The Bertz CT molecular complexity index is 821. The third kappa shape index (κ3) is 5.20. The topological polar surface area (TPSA) is 99.8 Å². The number of halogens is 1. The number of fused-ring (bicyclic) bond motifs is 1. The second kappa shape index (κ2) is 8.50. The average Bonchev–Trinajstić information content (AvgIpc) is 3.01. The molecule has 1 aromatic heterocycles. The van der Waals surface area contributed by atoms with Gasteiger partial charge in [-0.3, -0.25) is 0 Å². The second-order valence-corrected chi connectivity index (χ2v) is 5.96. The second-order valence-electron chi connectivity index (χ2n) is 5.52. The lowest BCUT2D eigenvalue weighted by atomic mass is 9.90. The van der Waals surface area contributed by atoms with Crippen LogP contribution < -0.4 is 5.32 Å². The van der Waals surface area contributed by atoms with Crippen LogP contribution in [0.5, 0.6) is 0 Å². The molecule has 7 heteroatoms. The van der Waals surface area contributed by atoms with E-state index in [4.69, 9.17) is 26.2 Å². The molecule has 0 fully saturated rings. The van der Waals surface area contributed by atoms with Gasteiger partial charge in [0.2, 0.25) is 0 Å².